The number of ether oxygens (including phenoxy) is 1. The van der Waals surface area contributed by atoms with Crippen molar-refractivity contribution in [3.63, 3.8) is 0 Å². The monoisotopic (exact) mass is 218 g/mol. The maximum Gasteiger partial charge on any atom is 0.322 e. The molecular weight excluding hydrogens is 192 g/mol. The van der Waals surface area contributed by atoms with E-state index in [1.165, 1.54) is 19.6 Å². The van der Waals surface area contributed by atoms with Gasteiger partial charge in [-0.3, -0.25) is 4.79 Å². The van der Waals surface area contributed by atoms with E-state index in [2.05, 4.69) is 30.4 Å². The Hall–Kier alpha value is -0.610. The van der Waals surface area contributed by atoms with E-state index in [9.17, 15) is 4.79 Å². The normalized spacial score (nSPS) is 11.7. The average molecular weight is 218 g/mol. The molecule has 0 aliphatic rings. The zero-order chi connectivity index (χ0) is 12.3. The summed E-state index contributed by atoms with van der Waals surface area (Å²) in [5, 5.41) is 0. The number of nitrogens with zero attached hydrogens (tertiary/aromatic N) is 1. The fraction of sp³-hybridized carbons (Fsp3) is 0.909. The summed E-state index contributed by atoms with van der Waals surface area (Å²) in [5.41, 5.74) is 5.15. The van der Waals surface area contributed by atoms with Crippen LogP contribution >= 0.6 is 0 Å². The van der Waals surface area contributed by atoms with E-state index in [1.807, 2.05) is 0 Å². The van der Waals surface area contributed by atoms with Gasteiger partial charge in [0.2, 0.25) is 0 Å². The van der Waals surface area contributed by atoms with E-state index in [-0.39, 0.29) is 5.97 Å². The van der Waals surface area contributed by atoms with Crippen LogP contribution < -0.4 is 5.73 Å². The van der Waals surface area contributed by atoms with Gasteiger partial charge < -0.3 is 15.4 Å². The van der Waals surface area contributed by atoms with Crippen LogP contribution in [0.3, 0.4) is 0 Å². The van der Waals surface area contributed by atoms with Crippen LogP contribution in [0.1, 0.15) is 34.6 Å². The van der Waals surface area contributed by atoms with Gasteiger partial charge in [-0.05, 0) is 33.5 Å². The molecular formula is C11H26N2O2. The summed E-state index contributed by atoms with van der Waals surface area (Å²) in [6, 6.07) is -0.491. The Morgan fingerprint density at radius 3 is 1.67 bits per heavy atom. The van der Waals surface area contributed by atoms with E-state index in [4.69, 9.17) is 5.73 Å². The van der Waals surface area contributed by atoms with Crippen molar-refractivity contribution in [1.29, 1.82) is 0 Å². The molecule has 0 amide bonds. The summed E-state index contributed by atoms with van der Waals surface area (Å²) in [4.78, 5) is 12.8. The molecule has 92 valence electrons. The highest BCUT2D eigenvalue weighted by molar-refractivity contribution is 5.74. The van der Waals surface area contributed by atoms with Crippen molar-refractivity contribution in [1.82, 2.24) is 4.90 Å². The highest BCUT2D eigenvalue weighted by atomic mass is 16.5. The minimum atomic E-state index is -0.491. The molecule has 1 atom stereocenters. The molecule has 4 heteroatoms. The van der Waals surface area contributed by atoms with Gasteiger partial charge in [-0.2, -0.15) is 0 Å². The van der Waals surface area contributed by atoms with Crippen LogP contribution in [0, 0.1) is 0 Å². The third kappa shape index (κ3) is 11.3. The van der Waals surface area contributed by atoms with Gasteiger partial charge in [0.25, 0.3) is 0 Å². The summed E-state index contributed by atoms with van der Waals surface area (Å²) in [6.07, 6.45) is 0. The minimum absolute atomic E-state index is 0.340. The first-order valence-electron chi connectivity index (χ1n) is 5.67. The van der Waals surface area contributed by atoms with Gasteiger partial charge in [-0.15, -0.1) is 0 Å². The molecule has 0 rings (SSSR count). The number of carbonyl (C=O) groups excluding carboxylic acids is 1. The molecule has 0 aliphatic carbocycles. The van der Waals surface area contributed by atoms with Crippen molar-refractivity contribution < 1.29 is 9.53 Å². The molecule has 0 unspecified atom stereocenters. The molecule has 0 fully saturated rings. The van der Waals surface area contributed by atoms with Crippen molar-refractivity contribution in [3.05, 3.63) is 0 Å². The van der Waals surface area contributed by atoms with Gasteiger partial charge in [-0.1, -0.05) is 20.8 Å². The fourth-order valence-electron chi connectivity index (χ4n) is 0.945. The van der Waals surface area contributed by atoms with Crippen molar-refractivity contribution in [2.75, 3.05) is 26.2 Å². The van der Waals surface area contributed by atoms with E-state index in [1.54, 1.807) is 13.8 Å². The standard InChI is InChI=1S/C6H15N.C5H11NO2/c1-4-7(5-2)6-3;1-3-8-5(7)4(2)6/h4-6H2,1-3H3;4H,3,6H2,1-2H3/t;4-/m.0/s1. The number of rotatable bonds is 5. The maximum absolute atomic E-state index is 10.4. The van der Waals surface area contributed by atoms with Crippen molar-refractivity contribution in [2.45, 2.75) is 40.7 Å². The number of hydrogen-bond donors (Lipinski definition) is 1. The second kappa shape index (κ2) is 11.5. The van der Waals surface area contributed by atoms with Gasteiger partial charge >= 0.3 is 5.97 Å². The lowest BCUT2D eigenvalue weighted by molar-refractivity contribution is -0.144. The van der Waals surface area contributed by atoms with Crippen LogP contribution in [0.4, 0.5) is 0 Å². The summed E-state index contributed by atoms with van der Waals surface area (Å²) in [5.74, 6) is -0.340. The van der Waals surface area contributed by atoms with Crippen LogP contribution in [-0.4, -0.2) is 43.2 Å². The lowest BCUT2D eigenvalue weighted by Crippen LogP contribution is -2.28. The van der Waals surface area contributed by atoms with Gasteiger partial charge in [0.05, 0.1) is 6.61 Å². The SMILES string of the molecule is CCN(CC)CC.CCOC(=O)[C@H](C)N. The average Bonchev–Trinajstić information content (AvgIpc) is 2.21. The van der Waals surface area contributed by atoms with E-state index in [0.29, 0.717) is 6.61 Å². The summed E-state index contributed by atoms with van der Waals surface area (Å²) in [7, 11) is 0. The van der Waals surface area contributed by atoms with E-state index < -0.39 is 6.04 Å². The molecule has 0 aromatic rings. The Balaban J connectivity index is 0. The molecule has 0 aromatic carbocycles. The zero-order valence-electron chi connectivity index (χ0n) is 10.7. The van der Waals surface area contributed by atoms with E-state index in [0.717, 1.165) is 0 Å². The third-order valence-electron chi connectivity index (χ3n) is 2.00. The van der Waals surface area contributed by atoms with Gasteiger partial charge in [0.1, 0.15) is 6.04 Å². The second-order valence-electron chi connectivity index (χ2n) is 3.16. The molecule has 0 saturated heterocycles. The smallest absolute Gasteiger partial charge is 0.322 e. The number of esters is 1. The topological polar surface area (TPSA) is 55.6 Å². The Kier molecular flexibility index (Phi) is 12.8. The van der Waals surface area contributed by atoms with Gasteiger partial charge in [0, 0.05) is 0 Å². The first-order chi connectivity index (χ1) is 7.03. The Labute approximate surface area is 93.8 Å². The molecule has 0 saturated carbocycles. The van der Waals surface area contributed by atoms with E-state index >= 15 is 0 Å². The molecule has 0 heterocycles. The van der Waals surface area contributed by atoms with Crippen LogP contribution in [0.2, 0.25) is 0 Å². The molecule has 0 bridgehead atoms. The minimum Gasteiger partial charge on any atom is -0.465 e. The van der Waals surface area contributed by atoms with Gasteiger partial charge in [-0.25, -0.2) is 0 Å². The van der Waals surface area contributed by atoms with Crippen LogP contribution in [-0.2, 0) is 9.53 Å². The second-order valence-corrected chi connectivity index (χ2v) is 3.16. The molecule has 0 aliphatic heterocycles. The highest BCUT2D eigenvalue weighted by Gasteiger charge is 2.05. The highest BCUT2D eigenvalue weighted by Crippen LogP contribution is 1.82. The molecule has 4 nitrogen and oxygen atoms in total. The Morgan fingerprint density at radius 1 is 1.20 bits per heavy atom. The maximum atomic E-state index is 10.4. The number of carbonyl (C=O) groups is 1. The quantitative estimate of drug-likeness (QED) is 0.706. The fourth-order valence-corrected chi connectivity index (χ4v) is 0.945. The molecule has 15 heavy (non-hydrogen) atoms. The van der Waals surface area contributed by atoms with Crippen molar-refractivity contribution in [2.24, 2.45) is 5.73 Å². The van der Waals surface area contributed by atoms with Crippen LogP contribution in [0.25, 0.3) is 0 Å². The predicted octanol–water partition coefficient (Wildman–Crippen LogP) is 1.24. The number of hydrogen-bond acceptors (Lipinski definition) is 4. The number of nitrogens with two attached hydrogens (primary N) is 1. The Bertz CT molecular complexity index is 140. The Morgan fingerprint density at radius 2 is 1.60 bits per heavy atom. The van der Waals surface area contributed by atoms with Crippen LogP contribution in [0.5, 0.6) is 0 Å². The molecule has 0 radical (unpaired) electrons. The predicted molar refractivity (Wildman–Crippen MR) is 63.7 cm³/mol. The van der Waals surface area contributed by atoms with Crippen LogP contribution in [0.15, 0.2) is 0 Å². The molecule has 0 spiro atoms. The third-order valence-corrected chi connectivity index (χ3v) is 2.00. The molecule has 2 N–H and O–H groups in total. The first-order valence-corrected chi connectivity index (χ1v) is 5.67. The summed E-state index contributed by atoms with van der Waals surface area (Å²) >= 11 is 0. The largest absolute Gasteiger partial charge is 0.465 e. The van der Waals surface area contributed by atoms with Gasteiger partial charge in [0.15, 0.2) is 0 Å². The van der Waals surface area contributed by atoms with Crippen molar-refractivity contribution >= 4 is 5.97 Å². The summed E-state index contributed by atoms with van der Waals surface area (Å²) in [6.45, 7) is 13.9. The summed E-state index contributed by atoms with van der Waals surface area (Å²) < 4.78 is 4.54. The lowest BCUT2D eigenvalue weighted by Gasteiger charge is -2.13. The van der Waals surface area contributed by atoms with Crippen molar-refractivity contribution in [3.8, 4) is 0 Å². The lowest BCUT2D eigenvalue weighted by atomic mass is 10.4. The first kappa shape index (κ1) is 16.8. The zero-order valence-corrected chi connectivity index (χ0v) is 10.7. The molecule has 0 aromatic heterocycles.